The van der Waals surface area contributed by atoms with Gasteiger partial charge in [-0.15, -0.1) is 0 Å². The molecule has 6 atom stereocenters. The molecular weight excluding hydrogens is 638 g/mol. The van der Waals surface area contributed by atoms with Gasteiger partial charge in [0.1, 0.15) is 30.1 Å². The number of nitrogens with one attached hydrogen (secondary N) is 3. The summed E-state index contributed by atoms with van der Waals surface area (Å²) in [4.78, 5) is 66.3. The van der Waals surface area contributed by atoms with E-state index in [2.05, 4.69) is 69.1 Å². The Hall–Kier alpha value is -5.46. The lowest BCUT2D eigenvalue weighted by Crippen LogP contribution is -2.51. The summed E-state index contributed by atoms with van der Waals surface area (Å²) in [6, 6.07) is 15.1. The first-order valence-corrected chi connectivity index (χ1v) is 17.3. The summed E-state index contributed by atoms with van der Waals surface area (Å²) in [7, 11) is 0. The second-order valence-electron chi connectivity index (χ2n) is 13.6. The van der Waals surface area contributed by atoms with Gasteiger partial charge in [-0.1, -0.05) is 48.5 Å². The molecule has 0 radical (unpaired) electrons. The van der Waals surface area contributed by atoms with Gasteiger partial charge in [-0.3, -0.25) is 14.6 Å². The van der Waals surface area contributed by atoms with Gasteiger partial charge in [-0.2, -0.15) is 0 Å². The summed E-state index contributed by atoms with van der Waals surface area (Å²) in [5.74, 6) is 0.473. The molecule has 2 aromatic carbocycles. The molecule has 0 spiro atoms. The number of imidazole rings is 1. The summed E-state index contributed by atoms with van der Waals surface area (Å²) in [6.07, 6.45) is 5.67. The van der Waals surface area contributed by atoms with Gasteiger partial charge in [-0.25, -0.2) is 14.6 Å². The molecule has 4 fully saturated rings. The Bertz CT molecular complexity index is 1900. The van der Waals surface area contributed by atoms with Crippen molar-refractivity contribution < 1.29 is 28.7 Å². The van der Waals surface area contributed by atoms with E-state index in [9.17, 15) is 19.2 Å². The normalized spacial score (nSPS) is 27.5. The topological polar surface area (TPSA) is 158 Å². The number of allylic oxidation sites excluding steroid dienone is 1. The lowest BCUT2D eigenvalue weighted by Gasteiger charge is -2.28. The van der Waals surface area contributed by atoms with E-state index in [0.29, 0.717) is 19.5 Å². The summed E-state index contributed by atoms with van der Waals surface area (Å²) in [5, 5.41) is 5.28. The molecule has 3 N–H and O–H groups in total. The maximum Gasteiger partial charge on any atom is 0.408 e. The Balaban J connectivity index is 0.892. The zero-order valence-electron chi connectivity index (χ0n) is 27.9. The highest BCUT2D eigenvalue weighted by atomic mass is 16.6. The zero-order valence-corrected chi connectivity index (χ0v) is 27.9. The average molecular weight is 678 g/mol. The molecule has 3 aromatic rings. The minimum atomic E-state index is -0.686. The number of ether oxygens (including phenoxy) is 2. The highest BCUT2D eigenvalue weighted by Gasteiger charge is 2.44. The average Bonchev–Trinajstić information content (AvgIpc) is 3.97. The molecule has 13 heteroatoms. The molecule has 5 aliphatic heterocycles. The predicted molar refractivity (Wildman–Crippen MR) is 184 cm³/mol. The Kier molecular flexibility index (Phi) is 8.12. The Morgan fingerprint density at radius 2 is 1.26 bits per heavy atom. The van der Waals surface area contributed by atoms with Crippen LogP contribution in [0.1, 0.15) is 63.4 Å². The van der Waals surface area contributed by atoms with Crippen molar-refractivity contribution in [1.82, 2.24) is 30.4 Å². The van der Waals surface area contributed by atoms with Gasteiger partial charge in [-0.05, 0) is 67.4 Å². The van der Waals surface area contributed by atoms with Gasteiger partial charge in [0, 0.05) is 31.4 Å². The van der Waals surface area contributed by atoms with E-state index in [1.165, 1.54) is 0 Å². The van der Waals surface area contributed by atoms with Crippen molar-refractivity contribution in [3.05, 3.63) is 72.3 Å². The Labute approximate surface area is 289 Å². The molecule has 4 amide bonds. The number of hydrogen-bond donors (Lipinski definition) is 3. The van der Waals surface area contributed by atoms with Crippen molar-refractivity contribution in [2.75, 3.05) is 13.1 Å². The molecule has 0 aliphatic carbocycles. The monoisotopic (exact) mass is 677 g/mol. The smallest absolute Gasteiger partial charge is 0.408 e. The molecule has 6 heterocycles. The first-order chi connectivity index (χ1) is 24.2. The van der Waals surface area contributed by atoms with Crippen LogP contribution >= 0.6 is 0 Å². The fourth-order valence-corrected chi connectivity index (χ4v) is 7.80. The number of aromatic nitrogens is 2. The van der Waals surface area contributed by atoms with E-state index in [0.717, 1.165) is 70.7 Å². The minimum Gasteiger partial charge on any atom is -0.444 e. The van der Waals surface area contributed by atoms with Crippen LogP contribution in [0.2, 0.25) is 0 Å². The summed E-state index contributed by atoms with van der Waals surface area (Å²) in [5.41, 5.74) is 7.20. The number of amides is 4. The van der Waals surface area contributed by atoms with Crippen LogP contribution in [0, 0.1) is 0 Å². The molecular formula is C37H39N7O6. The summed E-state index contributed by atoms with van der Waals surface area (Å²) in [6.45, 7) is 4.71. The van der Waals surface area contributed by atoms with Crippen molar-refractivity contribution >= 4 is 35.3 Å². The largest absolute Gasteiger partial charge is 0.444 e. The number of H-pyrrole nitrogens is 1. The number of benzene rings is 2. The SMILES string of the molecule is C[C@H]1OC(=O)NC1C(=O)N1CCC[C@H]1C1=NC=C(c2ccc(-c3ccc(-c4cnc([C@@H]5CCCN5C(=O)[C@@H]5NC(=O)O[C@@H]5C)[nH]4)cc3)cc2)C1. The number of likely N-dealkylation sites (tertiary alicyclic amines) is 2. The van der Waals surface area contributed by atoms with Crippen LogP contribution in [0.15, 0.2) is 65.9 Å². The van der Waals surface area contributed by atoms with Gasteiger partial charge in [0.25, 0.3) is 0 Å². The number of nitrogens with zero attached hydrogens (tertiary/aromatic N) is 4. The molecule has 4 saturated heterocycles. The third-order valence-electron chi connectivity index (χ3n) is 10.5. The van der Waals surface area contributed by atoms with Gasteiger partial charge >= 0.3 is 12.2 Å². The Morgan fingerprint density at radius 3 is 1.82 bits per heavy atom. The maximum atomic E-state index is 13.3. The second-order valence-corrected chi connectivity index (χ2v) is 13.6. The first kappa shape index (κ1) is 31.8. The quantitative estimate of drug-likeness (QED) is 0.330. The number of carbonyl (C=O) groups excluding carboxylic acids is 4. The van der Waals surface area contributed by atoms with Crippen LogP contribution in [0.4, 0.5) is 9.59 Å². The molecule has 1 aromatic heterocycles. The summed E-state index contributed by atoms with van der Waals surface area (Å²) >= 11 is 0. The van der Waals surface area contributed by atoms with Gasteiger partial charge in [0.15, 0.2) is 0 Å². The first-order valence-electron chi connectivity index (χ1n) is 17.3. The van der Waals surface area contributed by atoms with Crippen LogP contribution < -0.4 is 10.6 Å². The van der Waals surface area contributed by atoms with E-state index in [1.54, 1.807) is 24.9 Å². The zero-order chi connectivity index (χ0) is 34.5. The van der Waals surface area contributed by atoms with Crippen molar-refractivity contribution in [3.63, 3.8) is 0 Å². The molecule has 5 aliphatic rings. The fraction of sp³-hybridized carbons (Fsp3) is 0.405. The highest BCUT2D eigenvalue weighted by Crippen LogP contribution is 2.35. The minimum absolute atomic E-state index is 0.0793. The van der Waals surface area contributed by atoms with E-state index in [4.69, 9.17) is 14.5 Å². The molecule has 8 rings (SSSR count). The maximum absolute atomic E-state index is 13.3. The van der Waals surface area contributed by atoms with Crippen LogP contribution in [0.5, 0.6) is 0 Å². The summed E-state index contributed by atoms with van der Waals surface area (Å²) < 4.78 is 10.3. The number of hydrogen-bond acceptors (Lipinski definition) is 8. The fourth-order valence-electron chi connectivity index (χ4n) is 7.80. The van der Waals surface area contributed by atoms with E-state index < -0.39 is 36.5 Å². The van der Waals surface area contributed by atoms with Gasteiger partial charge in [0.05, 0.1) is 24.0 Å². The van der Waals surface area contributed by atoms with E-state index in [1.807, 2.05) is 11.1 Å². The van der Waals surface area contributed by atoms with E-state index >= 15 is 0 Å². The molecule has 0 saturated carbocycles. The molecule has 1 unspecified atom stereocenters. The van der Waals surface area contributed by atoms with Gasteiger partial charge in [0.2, 0.25) is 11.8 Å². The number of alkyl carbamates (subject to hydrolysis) is 2. The third kappa shape index (κ3) is 5.80. The Morgan fingerprint density at radius 1 is 0.740 bits per heavy atom. The predicted octanol–water partition coefficient (Wildman–Crippen LogP) is 4.58. The van der Waals surface area contributed by atoms with Crippen molar-refractivity contribution in [2.45, 2.75) is 82.3 Å². The molecule has 50 heavy (non-hydrogen) atoms. The van der Waals surface area contributed by atoms with Crippen molar-refractivity contribution in [3.8, 4) is 22.4 Å². The lowest BCUT2D eigenvalue weighted by molar-refractivity contribution is -0.135. The lowest BCUT2D eigenvalue weighted by atomic mass is 9.96. The number of aromatic amines is 1. The number of rotatable bonds is 7. The second kappa shape index (κ2) is 12.8. The highest BCUT2D eigenvalue weighted by molar-refractivity contribution is 6.04. The van der Waals surface area contributed by atoms with E-state index in [-0.39, 0.29) is 23.9 Å². The van der Waals surface area contributed by atoms with Crippen LogP contribution in [-0.4, -0.2) is 92.9 Å². The molecule has 13 nitrogen and oxygen atoms in total. The number of cyclic esters (lactones) is 2. The van der Waals surface area contributed by atoms with Crippen LogP contribution in [0.3, 0.4) is 0 Å². The van der Waals surface area contributed by atoms with Crippen LogP contribution in [0.25, 0.3) is 28.0 Å². The van der Waals surface area contributed by atoms with Crippen molar-refractivity contribution in [1.29, 1.82) is 0 Å². The van der Waals surface area contributed by atoms with Crippen LogP contribution in [-0.2, 0) is 19.1 Å². The third-order valence-corrected chi connectivity index (χ3v) is 10.5. The number of aliphatic imine (C=N–C) groups is 1. The van der Waals surface area contributed by atoms with Crippen molar-refractivity contribution in [2.24, 2.45) is 4.99 Å². The molecule has 258 valence electrons. The number of carbonyl (C=O) groups is 4. The van der Waals surface area contributed by atoms with Gasteiger partial charge < -0.3 is 34.9 Å². The standard InChI is InChI=1S/C37H39N7O6/c1-20-31(41-36(47)49-20)34(45)43-15-3-5-29(43)27-17-26(18-38-27)24-9-7-22(8-10-24)23-11-13-25(14-12-23)28-19-39-33(40-28)30-6-4-16-44(30)35(46)32-21(2)50-37(48)42-32/h7-14,18-21,29-32H,3-6,15-17H2,1-2H3,(H,39,40)(H,41,47)(H,42,48)/t20-,21-,29+,30+,31?,32-/m1/s1. The molecule has 0 bridgehead atoms.